The van der Waals surface area contributed by atoms with E-state index >= 15 is 0 Å². The van der Waals surface area contributed by atoms with Gasteiger partial charge in [0.2, 0.25) is 0 Å². The molecule has 0 bridgehead atoms. The number of rotatable bonds is 5. The van der Waals surface area contributed by atoms with E-state index in [0.29, 0.717) is 19.6 Å². The molecule has 0 atom stereocenters. The van der Waals surface area contributed by atoms with Crippen LogP contribution in [-0.2, 0) is 9.53 Å². The van der Waals surface area contributed by atoms with Gasteiger partial charge >= 0.3 is 5.97 Å². The maximum absolute atomic E-state index is 10.6. The highest BCUT2D eigenvalue weighted by Gasteiger charge is 1.98. The fraction of sp³-hybridized carbons (Fsp3) is 0.833. The summed E-state index contributed by atoms with van der Waals surface area (Å²) in [7, 11) is 0. The van der Waals surface area contributed by atoms with Crippen molar-refractivity contribution in [2.24, 2.45) is 5.73 Å². The molecule has 0 aliphatic carbocycles. The molecule has 60 valence electrons. The van der Waals surface area contributed by atoms with Gasteiger partial charge in [0.05, 0.1) is 0 Å². The Morgan fingerprint density at radius 2 is 2.30 bits per heavy atom. The van der Waals surface area contributed by atoms with Gasteiger partial charge in [-0.1, -0.05) is 0 Å². The van der Waals surface area contributed by atoms with E-state index in [0.717, 1.165) is 12.2 Å². The zero-order valence-electron chi connectivity index (χ0n) is 5.88. The smallest absolute Gasteiger partial charge is 0.305 e. The maximum Gasteiger partial charge on any atom is 0.305 e. The van der Waals surface area contributed by atoms with Crippen molar-refractivity contribution in [3.63, 3.8) is 0 Å². The van der Waals surface area contributed by atoms with E-state index in [1.54, 1.807) is 0 Å². The maximum atomic E-state index is 10.6. The van der Waals surface area contributed by atoms with E-state index in [9.17, 15) is 4.79 Å². The molecule has 0 rings (SSSR count). The van der Waals surface area contributed by atoms with Crippen LogP contribution in [-0.4, -0.2) is 24.9 Å². The number of esters is 1. The monoisotopic (exact) mass is 163 g/mol. The molecular weight excluding hydrogens is 150 g/mol. The van der Waals surface area contributed by atoms with Crippen molar-refractivity contribution in [2.45, 2.75) is 12.8 Å². The van der Waals surface area contributed by atoms with Gasteiger partial charge in [-0.05, 0) is 12.2 Å². The second kappa shape index (κ2) is 6.89. The highest BCUT2D eigenvalue weighted by atomic mass is 32.1. The summed E-state index contributed by atoms with van der Waals surface area (Å²) in [5, 5.41) is 0. The van der Waals surface area contributed by atoms with Crippen LogP contribution in [0.1, 0.15) is 12.8 Å². The predicted molar refractivity (Wildman–Crippen MR) is 43.1 cm³/mol. The molecule has 0 amide bonds. The molecule has 0 saturated heterocycles. The van der Waals surface area contributed by atoms with Crippen LogP contribution >= 0.6 is 12.6 Å². The molecule has 0 aromatic rings. The predicted octanol–water partition coefficient (Wildman–Crippen LogP) is 0.198. The van der Waals surface area contributed by atoms with E-state index in [4.69, 9.17) is 10.5 Å². The van der Waals surface area contributed by atoms with Gasteiger partial charge in [-0.3, -0.25) is 4.79 Å². The minimum Gasteiger partial charge on any atom is -0.464 e. The molecule has 0 fully saturated rings. The van der Waals surface area contributed by atoms with Gasteiger partial charge < -0.3 is 10.5 Å². The van der Waals surface area contributed by atoms with Crippen LogP contribution in [0.3, 0.4) is 0 Å². The van der Waals surface area contributed by atoms with Crippen LogP contribution < -0.4 is 5.73 Å². The molecule has 0 radical (unpaired) electrons. The van der Waals surface area contributed by atoms with E-state index in [-0.39, 0.29) is 5.97 Å². The highest BCUT2D eigenvalue weighted by Crippen LogP contribution is 1.93. The van der Waals surface area contributed by atoms with Gasteiger partial charge in [0, 0.05) is 13.0 Å². The van der Waals surface area contributed by atoms with Gasteiger partial charge in [0.1, 0.15) is 6.61 Å². The second-order valence-electron chi connectivity index (χ2n) is 1.84. The summed E-state index contributed by atoms with van der Waals surface area (Å²) >= 11 is 3.95. The third kappa shape index (κ3) is 5.91. The van der Waals surface area contributed by atoms with E-state index in [2.05, 4.69) is 12.6 Å². The van der Waals surface area contributed by atoms with Crippen LogP contribution in [0.15, 0.2) is 0 Å². The molecule has 0 aliphatic rings. The molecule has 4 heteroatoms. The summed E-state index contributed by atoms with van der Waals surface area (Å²) in [5.41, 5.74) is 5.11. The average molecular weight is 163 g/mol. The van der Waals surface area contributed by atoms with Gasteiger partial charge in [-0.15, -0.1) is 0 Å². The van der Waals surface area contributed by atoms with Crippen molar-refractivity contribution in [3.8, 4) is 0 Å². The Kier molecular flexibility index (Phi) is 6.74. The van der Waals surface area contributed by atoms with Crippen molar-refractivity contribution in [1.29, 1.82) is 0 Å². The molecule has 3 nitrogen and oxygen atoms in total. The third-order valence-corrected chi connectivity index (χ3v) is 1.24. The molecule has 2 N–H and O–H groups in total. The van der Waals surface area contributed by atoms with Gasteiger partial charge in [0.15, 0.2) is 0 Å². The molecular formula is C6H13NO2S. The number of thiol groups is 1. The van der Waals surface area contributed by atoms with E-state index in [1.807, 2.05) is 0 Å². The lowest BCUT2D eigenvalue weighted by atomic mass is 10.3. The van der Waals surface area contributed by atoms with Crippen molar-refractivity contribution in [1.82, 2.24) is 0 Å². The molecule has 0 aliphatic heterocycles. The Labute approximate surface area is 66.3 Å². The number of carbonyl (C=O) groups is 1. The number of ether oxygens (including phenoxy) is 1. The normalized spacial score (nSPS) is 9.40. The zero-order chi connectivity index (χ0) is 7.82. The van der Waals surface area contributed by atoms with Crippen molar-refractivity contribution in [2.75, 3.05) is 18.9 Å². The SMILES string of the molecule is NCCOC(=O)CCCS. The summed E-state index contributed by atoms with van der Waals surface area (Å²) in [5.74, 6) is 0.539. The van der Waals surface area contributed by atoms with E-state index < -0.39 is 0 Å². The first-order valence-corrected chi connectivity index (χ1v) is 3.91. The average Bonchev–Trinajstić information content (AvgIpc) is 1.97. The third-order valence-electron chi connectivity index (χ3n) is 0.920. The number of nitrogens with two attached hydrogens (primary N) is 1. The Hall–Kier alpha value is -0.220. The Balaban J connectivity index is 3.09. The lowest BCUT2D eigenvalue weighted by Gasteiger charge is -2.00. The first kappa shape index (κ1) is 9.78. The van der Waals surface area contributed by atoms with Crippen molar-refractivity contribution in [3.05, 3.63) is 0 Å². The molecule has 0 saturated carbocycles. The number of hydrogen-bond acceptors (Lipinski definition) is 4. The van der Waals surface area contributed by atoms with Crippen LogP contribution in [0.2, 0.25) is 0 Å². The van der Waals surface area contributed by atoms with Crippen LogP contribution in [0.25, 0.3) is 0 Å². The Morgan fingerprint density at radius 3 is 2.80 bits per heavy atom. The fourth-order valence-electron chi connectivity index (χ4n) is 0.468. The lowest BCUT2D eigenvalue weighted by molar-refractivity contribution is -0.143. The summed E-state index contributed by atoms with van der Waals surface area (Å²) in [6.45, 7) is 0.720. The lowest BCUT2D eigenvalue weighted by Crippen LogP contribution is -2.13. The van der Waals surface area contributed by atoms with Crippen LogP contribution in [0.4, 0.5) is 0 Å². The quantitative estimate of drug-likeness (QED) is 0.449. The largest absolute Gasteiger partial charge is 0.464 e. The van der Waals surface area contributed by atoms with Crippen molar-refractivity contribution < 1.29 is 9.53 Å². The standard InChI is InChI=1S/C6H13NO2S/c7-3-4-9-6(8)2-1-5-10/h10H,1-5,7H2. The zero-order valence-corrected chi connectivity index (χ0v) is 6.77. The van der Waals surface area contributed by atoms with Gasteiger partial charge in [-0.2, -0.15) is 12.6 Å². The molecule has 0 aromatic heterocycles. The Morgan fingerprint density at radius 1 is 1.60 bits per heavy atom. The van der Waals surface area contributed by atoms with Crippen LogP contribution in [0, 0.1) is 0 Å². The summed E-state index contributed by atoms with van der Waals surface area (Å²) in [4.78, 5) is 10.6. The second-order valence-corrected chi connectivity index (χ2v) is 2.28. The van der Waals surface area contributed by atoms with Crippen LogP contribution in [0.5, 0.6) is 0 Å². The van der Waals surface area contributed by atoms with E-state index in [1.165, 1.54) is 0 Å². The van der Waals surface area contributed by atoms with Gasteiger partial charge in [-0.25, -0.2) is 0 Å². The summed E-state index contributed by atoms with van der Waals surface area (Å²) in [6, 6.07) is 0. The molecule has 0 unspecified atom stereocenters. The topological polar surface area (TPSA) is 52.3 Å². The summed E-state index contributed by atoms with van der Waals surface area (Å²) < 4.78 is 4.70. The minimum atomic E-state index is -0.181. The Bertz CT molecular complexity index is 87.7. The molecule has 10 heavy (non-hydrogen) atoms. The molecule has 0 aromatic carbocycles. The number of carbonyl (C=O) groups excluding carboxylic acids is 1. The van der Waals surface area contributed by atoms with Crippen molar-refractivity contribution >= 4 is 18.6 Å². The number of hydrogen-bond donors (Lipinski definition) is 2. The van der Waals surface area contributed by atoms with Gasteiger partial charge in [0.25, 0.3) is 0 Å². The first-order valence-electron chi connectivity index (χ1n) is 3.27. The first-order chi connectivity index (χ1) is 4.81. The molecule has 0 heterocycles. The molecule has 0 spiro atoms. The summed E-state index contributed by atoms with van der Waals surface area (Å²) in [6.07, 6.45) is 1.22. The minimum absolute atomic E-state index is 0.181. The fourth-order valence-corrected chi connectivity index (χ4v) is 0.626. The highest BCUT2D eigenvalue weighted by molar-refractivity contribution is 7.80.